The quantitative estimate of drug-likeness (QED) is 0.813. The maximum absolute atomic E-state index is 12.6. The lowest BCUT2D eigenvalue weighted by atomic mass is 9.78. The first-order valence-corrected chi connectivity index (χ1v) is 6.47. The van der Waals surface area contributed by atoms with Crippen molar-refractivity contribution in [3.8, 4) is 0 Å². The number of rotatable bonds is 3. The van der Waals surface area contributed by atoms with E-state index in [1.165, 1.54) is 5.56 Å². The molecule has 0 saturated heterocycles. The van der Waals surface area contributed by atoms with Gasteiger partial charge in [-0.2, -0.15) is 0 Å². The molecular formula is C15H21NO. The maximum atomic E-state index is 12.6. The molecule has 17 heavy (non-hydrogen) atoms. The lowest BCUT2D eigenvalue weighted by Crippen LogP contribution is -2.41. The maximum Gasteiger partial charge on any atom is 0.170 e. The van der Waals surface area contributed by atoms with E-state index in [9.17, 15) is 4.79 Å². The summed E-state index contributed by atoms with van der Waals surface area (Å²) in [5.41, 5.74) is 7.78. The number of nitrogens with two attached hydrogens (primary N) is 1. The summed E-state index contributed by atoms with van der Waals surface area (Å²) >= 11 is 0. The van der Waals surface area contributed by atoms with Crippen molar-refractivity contribution in [2.45, 2.75) is 45.6 Å². The third-order valence-corrected chi connectivity index (χ3v) is 4.15. The predicted octanol–water partition coefficient (Wildman–Crippen LogP) is 2.95. The van der Waals surface area contributed by atoms with Gasteiger partial charge >= 0.3 is 0 Å². The van der Waals surface area contributed by atoms with Crippen LogP contribution in [0.2, 0.25) is 0 Å². The summed E-state index contributed by atoms with van der Waals surface area (Å²) in [4.78, 5) is 12.6. The van der Waals surface area contributed by atoms with E-state index in [4.69, 9.17) is 5.73 Å². The molecule has 0 aromatic heterocycles. The zero-order valence-electron chi connectivity index (χ0n) is 10.7. The molecule has 0 amide bonds. The molecule has 2 N–H and O–H groups in total. The minimum atomic E-state index is -0.355. The molecule has 0 heterocycles. The number of hydrogen-bond donors (Lipinski definition) is 1. The zero-order chi connectivity index (χ0) is 12.5. The highest BCUT2D eigenvalue weighted by Gasteiger charge is 2.42. The smallest absolute Gasteiger partial charge is 0.170 e. The predicted molar refractivity (Wildman–Crippen MR) is 70.1 cm³/mol. The molecule has 1 fully saturated rings. The molecule has 2 unspecified atom stereocenters. The standard InChI is InChI=1S/C15H21NO/c1-3-11-6-4-7-12(10-11)14(17)15(2)9-5-8-13(15)16/h4,6-7,10,13H,3,5,8-9,16H2,1-2H3. The van der Waals surface area contributed by atoms with Crippen LogP contribution >= 0.6 is 0 Å². The van der Waals surface area contributed by atoms with E-state index in [1.54, 1.807) is 0 Å². The molecule has 0 radical (unpaired) electrons. The molecule has 1 aliphatic rings. The van der Waals surface area contributed by atoms with Gasteiger partial charge in [0, 0.05) is 17.0 Å². The molecule has 92 valence electrons. The van der Waals surface area contributed by atoms with Gasteiger partial charge in [0.05, 0.1) is 0 Å². The van der Waals surface area contributed by atoms with Gasteiger partial charge < -0.3 is 5.73 Å². The van der Waals surface area contributed by atoms with Crippen molar-refractivity contribution in [1.29, 1.82) is 0 Å². The number of carbonyl (C=O) groups excluding carboxylic acids is 1. The number of aryl methyl sites for hydroxylation is 1. The summed E-state index contributed by atoms with van der Waals surface area (Å²) in [6.07, 6.45) is 3.92. The van der Waals surface area contributed by atoms with E-state index in [1.807, 2.05) is 25.1 Å². The molecular weight excluding hydrogens is 210 g/mol. The largest absolute Gasteiger partial charge is 0.327 e. The van der Waals surface area contributed by atoms with Gasteiger partial charge in [0.15, 0.2) is 5.78 Å². The molecule has 0 aliphatic heterocycles. The molecule has 2 nitrogen and oxygen atoms in total. The van der Waals surface area contributed by atoms with Crippen LogP contribution in [0.25, 0.3) is 0 Å². The first-order chi connectivity index (χ1) is 8.08. The average molecular weight is 231 g/mol. The summed E-state index contributed by atoms with van der Waals surface area (Å²) < 4.78 is 0. The van der Waals surface area contributed by atoms with E-state index in [0.29, 0.717) is 0 Å². The Labute approximate surface area is 103 Å². The fourth-order valence-corrected chi connectivity index (χ4v) is 2.74. The van der Waals surface area contributed by atoms with Crippen LogP contribution in [0.5, 0.6) is 0 Å². The third kappa shape index (κ3) is 2.14. The van der Waals surface area contributed by atoms with E-state index < -0.39 is 0 Å². The first kappa shape index (κ1) is 12.3. The van der Waals surface area contributed by atoms with E-state index in [2.05, 4.69) is 13.0 Å². The second-order valence-electron chi connectivity index (χ2n) is 5.30. The SMILES string of the molecule is CCc1cccc(C(=O)C2(C)CCCC2N)c1. The number of Topliss-reactive ketones (excluding diaryl/α,β-unsaturated/α-hetero) is 1. The molecule has 1 aromatic rings. The molecule has 0 bridgehead atoms. The van der Waals surface area contributed by atoms with Crippen LogP contribution in [0.1, 0.15) is 49.0 Å². The normalized spacial score (nSPS) is 28.3. The molecule has 2 rings (SSSR count). The van der Waals surface area contributed by atoms with Gasteiger partial charge in [-0.15, -0.1) is 0 Å². The van der Waals surface area contributed by atoms with Gasteiger partial charge in [-0.1, -0.05) is 38.5 Å². The van der Waals surface area contributed by atoms with Crippen molar-refractivity contribution in [2.75, 3.05) is 0 Å². The van der Waals surface area contributed by atoms with E-state index in [-0.39, 0.29) is 17.2 Å². The summed E-state index contributed by atoms with van der Waals surface area (Å²) in [5.74, 6) is 0.220. The molecule has 2 atom stereocenters. The second-order valence-corrected chi connectivity index (χ2v) is 5.30. The number of benzene rings is 1. The van der Waals surface area contributed by atoms with Crippen LogP contribution in [0, 0.1) is 5.41 Å². The highest BCUT2D eigenvalue weighted by atomic mass is 16.1. The lowest BCUT2D eigenvalue weighted by Gasteiger charge is -2.27. The van der Waals surface area contributed by atoms with Gasteiger partial charge in [0.2, 0.25) is 0 Å². The minimum Gasteiger partial charge on any atom is -0.327 e. The Morgan fingerprint density at radius 2 is 2.29 bits per heavy atom. The first-order valence-electron chi connectivity index (χ1n) is 6.47. The Balaban J connectivity index is 2.30. The second kappa shape index (κ2) is 4.61. The fraction of sp³-hybridized carbons (Fsp3) is 0.533. The van der Waals surface area contributed by atoms with Crippen molar-refractivity contribution in [2.24, 2.45) is 11.1 Å². The molecule has 2 heteroatoms. The Kier molecular flexibility index (Phi) is 3.34. The minimum absolute atomic E-state index is 0.0142. The Morgan fingerprint density at radius 3 is 2.88 bits per heavy atom. The third-order valence-electron chi connectivity index (χ3n) is 4.15. The van der Waals surface area contributed by atoms with Crippen molar-refractivity contribution in [3.05, 3.63) is 35.4 Å². The summed E-state index contributed by atoms with van der Waals surface area (Å²) in [6, 6.07) is 7.97. The average Bonchev–Trinajstić information content (AvgIpc) is 2.70. The van der Waals surface area contributed by atoms with Crippen LogP contribution in [-0.4, -0.2) is 11.8 Å². The van der Waals surface area contributed by atoms with Crippen LogP contribution in [0.15, 0.2) is 24.3 Å². The number of hydrogen-bond acceptors (Lipinski definition) is 2. The molecule has 1 saturated carbocycles. The summed E-state index contributed by atoms with van der Waals surface area (Å²) in [6.45, 7) is 4.12. The Hall–Kier alpha value is -1.15. The van der Waals surface area contributed by atoms with E-state index >= 15 is 0 Å². The molecule has 0 spiro atoms. The van der Waals surface area contributed by atoms with Crippen LogP contribution in [0.4, 0.5) is 0 Å². The number of carbonyl (C=O) groups is 1. The Bertz CT molecular complexity index is 427. The van der Waals surface area contributed by atoms with Gasteiger partial charge in [-0.05, 0) is 30.9 Å². The lowest BCUT2D eigenvalue weighted by molar-refractivity contribution is 0.0802. The topological polar surface area (TPSA) is 43.1 Å². The highest BCUT2D eigenvalue weighted by Crippen LogP contribution is 2.39. The fourth-order valence-electron chi connectivity index (χ4n) is 2.74. The van der Waals surface area contributed by atoms with E-state index in [0.717, 1.165) is 31.2 Å². The van der Waals surface area contributed by atoms with Crippen LogP contribution in [-0.2, 0) is 6.42 Å². The van der Waals surface area contributed by atoms with Crippen molar-refractivity contribution in [3.63, 3.8) is 0 Å². The van der Waals surface area contributed by atoms with Gasteiger partial charge in [0.1, 0.15) is 0 Å². The molecule has 1 aliphatic carbocycles. The summed E-state index contributed by atoms with van der Waals surface area (Å²) in [5, 5.41) is 0. The monoisotopic (exact) mass is 231 g/mol. The highest BCUT2D eigenvalue weighted by molar-refractivity contribution is 6.01. The van der Waals surface area contributed by atoms with Crippen molar-refractivity contribution < 1.29 is 4.79 Å². The van der Waals surface area contributed by atoms with Crippen LogP contribution in [0.3, 0.4) is 0 Å². The number of ketones is 1. The van der Waals surface area contributed by atoms with Gasteiger partial charge in [-0.3, -0.25) is 4.79 Å². The Morgan fingerprint density at radius 1 is 1.53 bits per heavy atom. The molecule has 1 aromatic carbocycles. The van der Waals surface area contributed by atoms with Crippen molar-refractivity contribution in [1.82, 2.24) is 0 Å². The van der Waals surface area contributed by atoms with Gasteiger partial charge in [-0.25, -0.2) is 0 Å². The van der Waals surface area contributed by atoms with Gasteiger partial charge in [0.25, 0.3) is 0 Å². The van der Waals surface area contributed by atoms with Crippen LogP contribution < -0.4 is 5.73 Å². The summed E-state index contributed by atoms with van der Waals surface area (Å²) in [7, 11) is 0. The zero-order valence-corrected chi connectivity index (χ0v) is 10.7. The van der Waals surface area contributed by atoms with Crippen molar-refractivity contribution >= 4 is 5.78 Å².